The maximum absolute atomic E-state index is 12.4. The van der Waals surface area contributed by atoms with Crippen molar-refractivity contribution in [3.63, 3.8) is 0 Å². The number of hydrogen-bond donors (Lipinski definition) is 2. The Balaban J connectivity index is 1.74. The molecule has 1 fully saturated rings. The number of benzene rings is 2. The van der Waals surface area contributed by atoms with Gasteiger partial charge in [-0.1, -0.05) is 53.5 Å². The minimum absolute atomic E-state index is 0.323. The summed E-state index contributed by atoms with van der Waals surface area (Å²) in [6.45, 7) is 4.03. The number of hydrogen-bond acceptors (Lipinski definition) is 3. The Kier molecular flexibility index (Phi) is 5.73. The molecule has 0 aliphatic carbocycles. The highest BCUT2D eigenvalue weighted by atomic mass is 35.5. The summed E-state index contributed by atoms with van der Waals surface area (Å²) in [7, 11) is 0. The standard InChI is InChI=1S/C19H20Cl2N2O3/c1-19(2)25-11-16(17(26-19)12-6-4-3-5-7-12)23-18(24)22-15-10-13(20)8-9-14(15)21/h3-10,16-17H,11H2,1-2H3,(H2,22,23,24)/t16-,17-/m0/s1. The topological polar surface area (TPSA) is 59.6 Å². The van der Waals surface area contributed by atoms with Gasteiger partial charge in [-0.2, -0.15) is 0 Å². The Morgan fingerprint density at radius 3 is 2.62 bits per heavy atom. The quantitative estimate of drug-likeness (QED) is 0.768. The van der Waals surface area contributed by atoms with Gasteiger partial charge in [0.05, 0.1) is 23.4 Å². The Labute approximate surface area is 162 Å². The van der Waals surface area contributed by atoms with Crippen molar-refractivity contribution in [2.75, 3.05) is 11.9 Å². The minimum Gasteiger partial charge on any atom is -0.348 e. The number of ether oxygens (including phenoxy) is 2. The first kappa shape index (κ1) is 19.0. The Hall–Kier alpha value is -1.79. The second-order valence-electron chi connectivity index (χ2n) is 6.49. The third-order valence-corrected chi connectivity index (χ3v) is 4.57. The predicted octanol–water partition coefficient (Wildman–Crippen LogP) is 5.01. The van der Waals surface area contributed by atoms with E-state index in [4.69, 9.17) is 32.7 Å². The summed E-state index contributed by atoms with van der Waals surface area (Å²) in [5.41, 5.74) is 1.40. The lowest BCUT2D eigenvalue weighted by Gasteiger charge is -2.41. The molecule has 2 atom stereocenters. The van der Waals surface area contributed by atoms with Gasteiger partial charge in [-0.25, -0.2) is 4.79 Å². The maximum Gasteiger partial charge on any atom is 0.319 e. The van der Waals surface area contributed by atoms with Crippen LogP contribution in [0.15, 0.2) is 48.5 Å². The van der Waals surface area contributed by atoms with Gasteiger partial charge in [-0.15, -0.1) is 0 Å². The average molecular weight is 395 g/mol. The molecule has 0 bridgehead atoms. The molecule has 5 nitrogen and oxygen atoms in total. The van der Waals surface area contributed by atoms with E-state index in [-0.39, 0.29) is 12.1 Å². The average Bonchev–Trinajstić information content (AvgIpc) is 2.60. The van der Waals surface area contributed by atoms with Crippen LogP contribution in [0.3, 0.4) is 0 Å². The molecule has 1 aliphatic rings. The van der Waals surface area contributed by atoms with Crippen molar-refractivity contribution >= 4 is 34.9 Å². The van der Waals surface area contributed by atoms with Crippen molar-refractivity contribution in [3.05, 3.63) is 64.1 Å². The lowest BCUT2D eigenvalue weighted by atomic mass is 10.0. The molecular formula is C19H20Cl2N2O3. The van der Waals surface area contributed by atoms with E-state index in [1.54, 1.807) is 18.2 Å². The fourth-order valence-corrected chi connectivity index (χ4v) is 3.12. The number of urea groups is 1. The molecule has 1 heterocycles. The fourth-order valence-electron chi connectivity index (χ4n) is 2.78. The SMILES string of the molecule is CC1(C)OC[C@H](NC(=O)Nc2cc(Cl)ccc2Cl)[C@H](c2ccccc2)O1. The molecule has 2 amide bonds. The number of rotatable bonds is 3. The number of halogens is 2. The van der Waals surface area contributed by atoms with E-state index in [2.05, 4.69) is 10.6 Å². The molecule has 138 valence electrons. The minimum atomic E-state index is -0.731. The molecule has 3 rings (SSSR count). The number of anilines is 1. The first-order valence-corrected chi connectivity index (χ1v) is 8.99. The molecule has 1 saturated heterocycles. The van der Waals surface area contributed by atoms with Crippen LogP contribution in [0.5, 0.6) is 0 Å². The molecule has 2 aromatic rings. The normalized spacial score (nSPS) is 21.8. The fraction of sp³-hybridized carbons (Fsp3) is 0.316. The Bertz CT molecular complexity index is 784. The molecular weight excluding hydrogens is 375 g/mol. The van der Waals surface area contributed by atoms with Crippen LogP contribution >= 0.6 is 23.2 Å². The lowest BCUT2D eigenvalue weighted by Crippen LogP contribution is -2.52. The Morgan fingerprint density at radius 2 is 1.88 bits per heavy atom. The second-order valence-corrected chi connectivity index (χ2v) is 7.33. The van der Waals surface area contributed by atoms with E-state index in [0.717, 1.165) is 5.56 Å². The van der Waals surface area contributed by atoms with E-state index in [0.29, 0.717) is 22.3 Å². The van der Waals surface area contributed by atoms with Gasteiger partial charge in [-0.05, 0) is 37.6 Å². The van der Waals surface area contributed by atoms with Crippen LogP contribution < -0.4 is 10.6 Å². The zero-order valence-electron chi connectivity index (χ0n) is 14.5. The van der Waals surface area contributed by atoms with Crippen LogP contribution in [-0.4, -0.2) is 24.5 Å². The van der Waals surface area contributed by atoms with Gasteiger partial charge in [0.15, 0.2) is 5.79 Å². The van der Waals surface area contributed by atoms with Crippen LogP contribution in [0.4, 0.5) is 10.5 Å². The molecule has 0 radical (unpaired) electrons. The molecule has 0 unspecified atom stereocenters. The molecule has 26 heavy (non-hydrogen) atoms. The van der Waals surface area contributed by atoms with Crippen LogP contribution in [0, 0.1) is 0 Å². The first-order chi connectivity index (χ1) is 12.3. The molecule has 2 aromatic carbocycles. The zero-order valence-corrected chi connectivity index (χ0v) is 16.0. The molecule has 2 N–H and O–H groups in total. The summed E-state index contributed by atoms with van der Waals surface area (Å²) < 4.78 is 11.8. The third kappa shape index (κ3) is 4.68. The highest BCUT2D eigenvalue weighted by Crippen LogP contribution is 2.33. The predicted molar refractivity (Wildman–Crippen MR) is 103 cm³/mol. The molecule has 0 aromatic heterocycles. The van der Waals surface area contributed by atoms with Crippen molar-refractivity contribution < 1.29 is 14.3 Å². The highest BCUT2D eigenvalue weighted by Gasteiger charge is 2.38. The highest BCUT2D eigenvalue weighted by molar-refractivity contribution is 6.35. The lowest BCUT2D eigenvalue weighted by molar-refractivity contribution is -0.284. The monoisotopic (exact) mass is 394 g/mol. The van der Waals surface area contributed by atoms with E-state index in [9.17, 15) is 4.79 Å². The van der Waals surface area contributed by atoms with E-state index < -0.39 is 11.8 Å². The summed E-state index contributed by atoms with van der Waals surface area (Å²) in [4.78, 5) is 12.4. The summed E-state index contributed by atoms with van der Waals surface area (Å²) in [5, 5.41) is 6.50. The van der Waals surface area contributed by atoms with Gasteiger partial charge >= 0.3 is 6.03 Å². The van der Waals surface area contributed by atoms with E-state index >= 15 is 0 Å². The van der Waals surface area contributed by atoms with Crippen molar-refractivity contribution in [1.29, 1.82) is 0 Å². The molecule has 0 saturated carbocycles. The van der Waals surface area contributed by atoms with Gasteiger partial charge < -0.3 is 20.1 Å². The van der Waals surface area contributed by atoms with Crippen LogP contribution in [0.2, 0.25) is 10.0 Å². The number of amides is 2. The van der Waals surface area contributed by atoms with Crippen molar-refractivity contribution in [1.82, 2.24) is 5.32 Å². The summed E-state index contributed by atoms with van der Waals surface area (Å²) in [5.74, 6) is -0.731. The molecule has 1 aliphatic heterocycles. The zero-order chi connectivity index (χ0) is 18.7. The summed E-state index contributed by atoms with van der Waals surface area (Å²) in [6.07, 6.45) is -0.333. The summed E-state index contributed by atoms with van der Waals surface area (Å²) >= 11 is 12.1. The first-order valence-electron chi connectivity index (χ1n) is 8.23. The largest absolute Gasteiger partial charge is 0.348 e. The van der Waals surface area contributed by atoms with Gasteiger partial charge in [0.25, 0.3) is 0 Å². The van der Waals surface area contributed by atoms with Gasteiger partial charge in [0, 0.05) is 5.02 Å². The van der Waals surface area contributed by atoms with Gasteiger partial charge in [-0.3, -0.25) is 0 Å². The van der Waals surface area contributed by atoms with Gasteiger partial charge in [0.2, 0.25) is 0 Å². The number of nitrogens with one attached hydrogen (secondary N) is 2. The maximum atomic E-state index is 12.4. The number of carbonyl (C=O) groups excluding carboxylic acids is 1. The molecule has 7 heteroatoms. The second kappa shape index (κ2) is 7.84. The van der Waals surface area contributed by atoms with Crippen LogP contribution in [0.25, 0.3) is 0 Å². The van der Waals surface area contributed by atoms with Crippen molar-refractivity contribution in [3.8, 4) is 0 Å². The van der Waals surface area contributed by atoms with E-state index in [1.807, 2.05) is 44.2 Å². The third-order valence-electron chi connectivity index (χ3n) is 4.01. The van der Waals surface area contributed by atoms with Crippen LogP contribution in [0.1, 0.15) is 25.5 Å². The number of carbonyl (C=O) groups is 1. The van der Waals surface area contributed by atoms with Crippen LogP contribution in [-0.2, 0) is 9.47 Å². The van der Waals surface area contributed by atoms with E-state index in [1.165, 1.54) is 0 Å². The molecule has 0 spiro atoms. The van der Waals surface area contributed by atoms with Crippen molar-refractivity contribution in [2.45, 2.75) is 31.8 Å². The van der Waals surface area contributed by atoms with Gasteiger partial charge in [0.1, 0.15) is 6.10 Å². The van der Waals surface area contributed by atoms with Crippen molar-refractivity contribution in [2.24, 2.45) is 0 Å². The smallest absolute Gasteiger partial charge is 0.319 e. The Morgan fingerprint density at radius 1 is 1.15 bits per heavy atom. The summed E-state index contributed by atoms with van der Waals surface area (Å²) in [6, 6.07) is 13.8.